The maximum Gasteiger partial charge on any atom is 0.320 e. The average molecular weight is 447 g/mol. The molecule has 2 fully saturated rings. The lowest BCUT2D eigenvalue weighted by molar-refractivity contribution is -0.143. The van der Waals surface area contributed by atoms with Crippen LogP contribution in [0.5, 0.6) is 0 Å². The number of nitrogens with one attached hydrogen (secondary N) is 2. The van der Waals surface area contributed by atoms with Crippen LogP contribution in [0, 0.1) is 11.3 Å². The second-order valence-corrected chi connectivity index (χ2v) is 8.75. The molecular formula is C24H25N5O4. The van der Waals surface area contributed by atoms with Gasteiger partial charge in [-0.15, -0.1) is 5.10 Å². The van der Waals surface area contributed by atoms with Gasteiger partial charge in [-0.2, -0.15) is 0 Å². The molecule has 2 aromatic heterocycles. The number of nitrogens with zero attached hydrogens (tertiary/aromatic N) is 3. The Kier molecular flexibility index (Phi) is 5.53. The lowest BCUT2D eigenvalue weighted by Gasteiger charge is -2.28. The zero-order chi connectivity index (χ0) is 22.8. The highest BCUT2D eigenvalue weighted by Gasteiger charge is 2.59. The van der Waals surface area contributed by atoms with Crippen molar-refractivity contribution in [3.8, 4) is 0 Å². The Morgan fingerprint density at radius 2 is 1.85 bits per heavy atom. The van der Waals surface area contributed by atoms with Crippen molar-refractivity contribution in [2.75, 3.05) is 17.7 Å². The van der Waals surface area contributed by atoms with E-state index in [1.54, 1.807) is 6.20 Å². The van der Waals surface area contributed by atoms with Crippen molar-refractivity contribution in [3.05, 3.63) is 60.2 Å². The van der Waals surface area contributed by atoms with Gasteiger partial charge in [0, 0.05) is 17.3 Å². The topological polar surface area (TPSA) is 119 Å². The molecule has 0 unspecified atom stereocenters. The van der Waals surface area contributed by atoms with E-state index in [-0.39, 0.29) is 29.2 Å². The Morgan fingerprint density at radius 3 is 2.55 bits per heavy atom. The predicted octanol–water partition coefficient (Wildman–Crippen LogP) is 4.30. The lowest BCUT2D eigenvalue weighted by Crippen LogP contribution is -2.20. The molecule has 2 aliphatic rings. The zero-order valence-electron chi connectivity index (χ0n) is 18.3. The Hall–Kier alpha value is -3.75. The van der Waals surface area contributed by atoms with Gasteiger partial charge in [-0.1, -0.05) is 23.3 Å². The fourth-order valence-corrected chi connectivity index (χ4v) is 4.78. The number of anilines is 3. The van der Waals surface area contributed by atoms with Gasteiger partial charge in [-0.25, -0.2) is 0 Å². The van der Waals surface area contributed by atoms with E-state index in [9.17, 15) is 9.59 Å². The highest BCUT2D eigenvalue weighted by molar-refractivity contribution is 6.00. The molecule has 1 spiro atoms. The third kappa shape index (κ3) is 4.44. The number of benzene rings is 1. The molecular weight excluding hydrogens is 422 g/mol. The fourth-order valence-electron chi connectivity index (χ4n) is 4.78. The number of ether oxygens (including phenoxy) is 1. The summed E-state index contributed by atoms with van der Waals surface area (Å²) in [5.74, 6) is -0.278. The van der Waals surface area contributed by atoms with Crippen molar-refractivity contribution in [3.63, 3.8) is 0 Å². The van der Waals surface area contributed by atoms with Crippen LogP contribution in [0.4, 0.5) is 17.4 Å². The van der Waals surface area contributed by atoms with Gasteiger partial charge >= 0.3 is 23.8 Å². The van der Waals surface area contributed by atoms with Gasteiger partial charge in [0.25, 0.3) is 0 Å². The highest BCUT2D eigenvalue weighted by Crippen LogP contribution is 2.63. The third-order valence-electron chi connectivity index (χ3n) is 6.76. The number of para-hydroxylation sites is 1. The minimum absolute atomic E-state index is 0.0714. The van der Waals surface area contributed by atoms with Gasteiger partial charge < -0.3 is 19.8 Å². The van der Waals surface area contributed by atoms with Crippen LogP contribution in [0.15, 0.2) is 53.1 Å². The quantitative estimate of drug-likeness (QED) is 0.537. The lowest BCUT2D eigenvalue weighted by atomic mass is 9.77. The average Bonchev–Trinajstić information content (AvgIpc) is 3.33. The number of carbonyl (C=O) groups excluding carboxylic acids is 2. The minimum Gasteiger partial charge on any atom is -0.469 e. The van der Waals surface area contributed by atoms with Gasteiger partial charge in [-0.3, -0.25) is 14.6 Å². The van der Waals surface area contributed by atoms with E-state index in [0.29, 0.717) is 11.6 Å². The van der Waals surface area contributed by atoms with Gasteiger partial charge in [0.05, 0.1) is 24.9 Å². The summed E-state index contributed by atoms with van der Waals surface area (Å²) in [6.07, 6.45) is 6.65. The molecule has 9 heteroatoms. The Balaban J connectivity index is 1.15. The summed E-state index contributed by atoms with van der Waals surface area (Å²) in [6, 6.07) is 13.3. The Labute approximate surface area is 191 Å². The first-order valence-electron chi connectivity index (χ1n) is 11.1. The number of rotatable bonds is 6. The zero-order valence-corrected chi connectivity index (χ0v) is 18.3. The fraction of sp³-hybridized carbons (Fsp3) is 0.375. The molecule has 2 aliphatic carbocycles. The van der Waals surface area contributed by atoms with Gasteiger partial charge in [0.15, 0.2) is 0 Å². The highest BCUT2D eigenvalue weighted by atomic mass is 16.5. The van der Waals surface area contributed by atoms with Crippen LogP contribution in [0.2, 0.25) is 0 Å². The summed E-state index contributed by atoms with van der Waals surface area (Å²) in [5, 5.41) is 13.3. The predicted molar refractivity (Wildman–Crippen MR) is 120 cm³/mol. The number of carbonyl (C=O) groups is 2. The van der Waals surface area contributed by atoms with Crippen LogP contribution in [0.25, 0.3) is 0 Å². The standard InChI is InChI=1S/C24H25N5O4/c1-32-22(31)18-13-24(18)11-9-15(10-12-24)19-8-7-17(14-25-19)26-20(30)21-28-29-23(33-21)27-16-5-3-2-4-6-16/h2-8,14-15,18H,9-13H2,1H3,(H,26,30)(H,27,29)/t15-,18-,24+/m0/s1. The summed E-state index contributed by atoms with van der Waals surface area (Å²) >= 11 is 0. The maximum atomic E-state index is 12.5. The van der Waals surface area contributed by atoms with Crippen LogP contribution in [0.1, 0.15) is 54.4 Å². The van der Waals surface area contributed by atoms with Crippen molar-refractivity contribution in [1.29, 1.82) is 0 Å². The van der Waals surface area contributed by atoms with E-state index < -0.39 is 5.91 Å². The van der Waals surface area contributed by atoms with Crippen molar-refractivity contribution in [2.24, 2.45) is 11.3 Å². The summed E-state index contributed by atoms with van der Waals surface area (Å²) in [7, 11) is 1.46. The number of pyridine rings is 1. The number of methoxy groups -OCH3 is 1. The van der Waals surface area contributed by atoms with Crippen LogP contribution in [-0.2, 0) is 9.53 Å². The number of hydrogen-bond acceptors (Lipinski definition) is 8. The third-order valence-corrected chi connectivity index (χ3v) is 6.76. The molecule has 0 saturated heterocycles. The van der Waals surface area contributed by atoms with Gasteiger partial charge in [-0.05, 0) is 61.8 Å². The SMILES string of the molecule is COC(=O)[C@@H]1C[C@]12CC[C@H](c1ccc(NC(=O)c3nnc(Nc4ccccc4)o3)cn1)CC2. The minimum atomic E-state index is -0.500. The Bertz CT molecular complexity index is 1140. The van der Waals surface area contributed by atoms with Crippen molar-refractivity contribution in [2.45, 2.75) is 38.0 Å². The van der Waals surface area contributed by atoms with E-state index >= 15 is 0 Å². The van der Waals surface area contributed by atoms with Crippen molar-refractivity contribution in [1.82, 2.24) is 15.2 Å². The molecule has 9 nitrogen and oxygen atoms in total. The summed E-state index contributed by atoms with van der Waals surface area (Å²) in [4.78, 5) is 28.8. The van der Waals surface area contributed by atoms with Crippen LogP contribution in [-0.4, -0.2) is 34.2 Å². The summed E-state index contributed by atoms with van der Waals surface area (Å²) in [6.45, 7) is 0. The van der Waals surface area contributed by atoms with Crippen molar-refractivity contribution < 1.29 is 18.7 Å². The van der Waals surface area contributed by atoms with E-state index in [1.807, 2.05) is 42.5 Å². The van der Waals surface area contributed by atoms with Crippen molar-refractivity contribution >= 4 is 29.3 Å². The molecule has 2 saturated carbocycles. The van der Waals surface area contributed by atoms with E-state index in [2.05, 4.69) is 25.8 Å². The number of aromatic nitrogens is 3. The monoisotopic (exact) mass is 447 g/mol. The van der Waals surface area contributed by atoms with Crippen LogP contribution >= 0.6 is 0 Å². The van der Waals surface area contributed by atoms with Gasteiger partial charge in [0.1, 0.15) is 0 Å². The molecule has 0 aliphatic heterocycles. The van der Waals surface area contributed by atoms with Gasteiger partial charge in [0.2, 0.25) is 0 Å². The van der Waals surface area contributed by atoms with E-state index in [0.717, 1.165) is 43.5 Å². The maximum absolute atomic E-state index is 12.5. The number of amides is 1. The van der Waals surface area contributed by atoms with Crippen LogP contribution < -0.4 is 10.6 Å². The molecule has 2 N–H and O–H groups in total. The normalized spacial score (nSPS) is 23.7. The molecule has 33 heavy (non-hydrogen) atoms. The molecule has 2 heterocycles. The molecule has 0 radical (unpaired) electrons. The second-order valence-electron chi connectivity index (χ2n) is 8.75. The molecule has 1 amide bonds. The number of hydrogen-bond donors (Lipinski definition) is 2. The summed E-state index contributed by atoms with van der Waals surface area (Å²) in [5.41, 5.74) is 2.49. The van der Waals surface area contributed by atoms with Crippen LogP contribution in [0.3, 0.4) is 0 Å². The largest absolute Gasteiger partial charge is 0.469 e. The second kappa shape index (κ2) is 8.65. The molecule has 170 valence electrons. The first-order valence-corrected chi connectivity index (χ1v) is 11.1. The van der Waals surface area contributed by atoms with E-state index in [4.69, 9.17) is 9.15 Å². The first kappa shape index (κ1) is 21.1. The first-order chi connectivity index (χ1) is 16.1. The van der Waals surface area contributed by atoms with E-state index in [1.165, 1.54) is 7.11 Å². The molecule has 5 rings (SSSR count). The number of esters is 1. The smallest absolute Gasteiger partial charge is 0.320 e. The molecule has 3 aromatic rings. The molecule has 1 atom stereocenters. The molecule has 0 bridgehead atoms. The summed E-state index contributed by atoms with van der Waals surface area (Å²) < 4.78 is 10.3. The Morgan fingerprint density at radius 1 is 1.06 bits per heavy atom. The molecule has 1 aromatic carbocycles.